The first-order valence-electron chi connectivity index (χ1n) is 8.17. The highest BCUT2D eigenvalue weighted by Gasteiger charge is 2.21. The van der Waals surface area contributed by atoms with E-state index in [9.17, 15) is 4.79 Å². The molecule has 2 N–H and O–H groups in total. The largest absolute Gasteiger partial charge is 0.379 e. The third-order valence-electron chi connectivity index (χ3n) is 3.91. The second-order valence-corrected chi connectivity index (χ2v) is 5.63. The second-order valence-electron chi connectivity index (χ2n) is 5.63. The lowest BCUT2D eigenvalue weighted by molar-refractivity contribution is 0.0172. The van der Waals surface area contributed by atoms with Crippen LogP contribution in [-0.4, -0.2) is 56.4 Å². The molecule has 5 nitrogen and oxygen atoms in total. The van der Waals surface area contributed by atoms with E-state index in [2.05, 4.69) is 39.8 Å². The molecule has 1 aliphatic heterocycles. The molecule has 0 bridgehead atoms. The van der Waals surface area contributed by atoms with Crippen LogP contribution in [0.25, 0.3) is 0 Å². The van der Waals surface area contributed by atoms with E-state index in [1.54, 1.807) is 0 Å². The van der Waals surface area contributed by atoms with E-state index in [4.69, 9.17) is 4.74 Å². The molecule has 1 fully saturated rings. The van der Waals surface area contributed by atoms with Crippen molar-refractivity contribution in [3.8, 4) is 0 Å². The fourth-order valence-corrected chi connectivity index (χ4v) is 2.67. The summed E-state index contributed by atoms with van der Waals surface area (Å²) in [7, 11) is 0. The molecule has 22 heavy (non-hydrogen) atoms. The van der Waals surface area contributed by atoms with E-state index in [0.717, 1.165) is 39.1 Å². The van der Waals surface area contributed by atoms with Crippen LogP contribution in [0.2, 0.25) is 0 Å². The quantitative estimate of drug-likeness (QED) is 0.805. The Morgan fingerprint density at radius 1 is 1.23 bits per heavy atom. The molecule has 1 heterocycles. The number of hydrogen-bond acceptors (Lipinski definition) is 3. The number of rotatable bonds is 7. The van der Waals surface area contributed by atoms with Crippen LogP contribution in [0.1, 0.15) is 18.9 Å². The van der Waals surface area contributed by atoms with Gasteiger partial charge in [-0.25, -0.2) is 4.79 Å². The van der Waals surface area contributed by atoms with Gasteiger partial charge in [0.15, 0.2) is 0 Å². The lowest BCUT2D eigenvalue weighted by atomic mass is 10.0. The van der Waals surface area contributed by atoms with Gasteiger partial charge in [0, 0.05) is 32.2 Å². The normalized spacial score (nSPS) is 17.0. The summed E-state index contributed by atoms with van der Waals surface area (Å²) in [4.78, 5) is 14.2. The number of urea groups is 1. The number of nitrogens with zero attached hydrogens (tertiary/aromatic N) is 1. The van der Waals surface area contributed by atoms with Crippen LogP contribution >= 0.6 is 0 Å². The average molecular weight is 305 g/mol. The first-order valence-corrected chi connectivity index (χ1v) is 8.17. The third-order valence-corrected chi connectivity index (χ3v) is 3.91. The van der Waals surface area contributed by atoms with E-state index in [-0.39, 0.29) is 6.03 Å². The van der Waals surface area contributed by atoms with Crippen molar-refractivity contribution in [2.45, 2.75) is 25.8 Å². The molecule has 1 atom stereocenters. The number of ether oxygens (including phenoxy) is 1. The number of carbonyl (C=O) groups excluding carboxylic acids is 1. The second kappa shape index (κ2) is 9.43. The maximum Gasteiger partial charge on any atom is 0.314 e. The van der Waals surface area contributed by atoms with Gasteiger partial charge in [-0.05, 0) is 18.4 Å². The van der Waals surface area contributed by atoms with Gasteiger partial charge < -0.3 is 15.4 Å². The van der Waals surface area contributed by atoms with Crippen molar-refractivity contribution in [2.24, 2.45) is 0 Å². The summed E-state index contributed by atoms with van der Waals surface area (Å²) in [6.45, 7) is 6.82. The maximum atomic E-state index is 11.8. The van der Waals surface area contributed by atoms with Crippen molar-refractivity contribution in [2.75, 3.05) is 39.4 Å². The highest BCUT2D eigenvalue weighted by Crippen LogP contribution is 2.10. The van der Waals surface area contributed by atoms with Gasteiger partial charge in [-0.1, -0.05) is 37.3 Å². The topological polar surface area (TPSA) is 53.6 Å². The van der Waals surface area contributed by atoms with Crippen LogP contribution in [0, 0.1) is 0 Å². The van der Waals surface area contributed by atoms with Crippen molar-refractivity contribution in [3.05, 3.63) is 35.9 Å². The zero-order valence-electron chi connectivity index (χ0n) is 13.4. The molecule has 122 valence electrons. The minimum atomic E-state index is -0.0758. The summed E-state index contributed by atoms with van der Waals surface area (Å²) >= 11 is 0. The summed E-state index contributed by atoms with van der Waals surface area (Å²) in [5, 5.41) is 5.86. The summed E-state index contributed by atoms with van der Waals surface area (Å²) < 4.78 is 5.44. The van der Waals surface area contributed by atoms with Gasteiger partial charge in [0.05, 0.1) is 13.2 Å². The molecule has 1 aliphatic rings. The lowest BCUT2D eigenvalue weighted by Gasteiger charge is -2.34. The van der Waals surface area contributed by atoms with Gasteiger partial charge >= 0.3 is 6.03 Å². The number of amides is 2. The van der Waals surface area contributed by atoms with E-state index in [1.807, 2.05) is 13.0 Å². The number of carbonyl (C=O) groups is 1. The van der Waals surface area contributed by atoms with Gasteiger partial charge in [0.2, 0.25) is 0 Å². The maximum absolute atomic E-state index is 11.8. The van der Waals surface area contributed by atoms with Crippen molar-refractivity contribution < 1.29 is 9.53 Å². The Hall–Kier alpha value is -1.59. The van der Waals surface area contributed by atoms with Crippen LogP contribution < -0.4 is 10.6 Å². The SMILES string of the molecule is CCCNC(=O)NCC(Cc1ccccc1)N1CCOCC1. The van der Waals surface area contributed by atoms with Crippen LogP contribution in [-0.2, 0) is 11.2 Å². The van der Waals surface area contributed by atoms with E-state index in [0.29, 0.717) is 19.1 Å². The molecule has 0 radical (unpaired) electrons. The Morgan fingerprint density at radius 3 is 2.64 bits per heavy atom. The Labute approximate surface area is 133 Å². The molecule has 1 aromatic rings. The van der Waals surface area contributed by atoms with Gasteiger partial charge in [0.1, 0.15) is 0 Å². The summed E-state index contributed by atoms with van der Waals surface area (Å²) in [5.41, 5.74) is 1.30. The molecule has 2 amide bonds. The van der Waals surface area contributed by atoms with Gasteiger partial charge in [-0.2, -0.15) is 0 Å². The fraction of sp³-hybridized carbons (Fsp3) is 0.588. The predicted octanol–water partition coefficient (Wildman–Crippen LogP) is 1.64. The number of nitrogens with one attached hydrogen (secondary N) is 2. The zero-order chi connectivity index (χ0) is 15.6. The Balaban J connectivity index is 1.90. The standard InChI is InChI=1S/C17H27N3O2/c1-2-8-18-17(21)19-14-16(20-9-11-22-12-10-20)13-15-6-4-3-5-7-15/h3-7,16H,2,8-14H2,1H3,(H2,18,19,21). The Kier molecular flexibility index (Phi) is 7.19. The highest BCUT2D eigenvalue weighted by molar-refractivity contribution is 5.73. The summed E-state index contributed by atoms with van der Waals surface area (Å²) in [6.07, 6.45) is 1.89. The number of benzene rings is 1. The van der Waals surface area contributed by atoms with Crippen molar-refractivity contribution in [3.63, 3.8) is 0 Å². The van der Waals surface area contributed by atoms with Gasteiger partial charge in [-0.3, -0.25) is 4.90 Å². The van der Waals surface area contributed by atoms with E-state index >= 15 is 0 Å². The summed E-state index contributed by atoms with van der Waals surface area (Å²) in [6, 6.07) is 10.7. The Bertz CT molecular complexity index is 433. The van der Waals surface area contributed by atoms with Crippen molar-refractivity contribution in [1.29, 1.82) is 0 Å². The van der Waals surface area contributed by atoms with E-state index in [1.165, 1.54) is 5.56 Å². The molecule has 0 aliphatic carbocycles. The number of hydrogen-bond donors (Lipinski definition) is 2. The Morgan fingerprint density at radius 2 is 1.95 bits per heavy atom. The first kappa shape index (κ1) is 16.8. The fourth-order valence-electron chi connectivity index (χ4n) is 2.67. The molecule has 1 saturated heterocycles. The zero-order valence-corrected chi connectivity index (χ0v) is 13.4. The molecule has 0 spiro atoms. The summed E-state index contributed by atoms with van der Waals surface area (Å²) in [5.74, 6) is 0. The first-order chi connectivity index (χ1) is 10.8. The van der Waals surface area contributed by atoms with Crippen molar-refractivity contribution >= 4 is 6.03 Å². The monoisotopic (exact) mass is 305 g/mol. The minimum absolute atomic E-state index is 0.0758. The molecule has 1 unspecified atom stereocenters. The molecule has 2 rings (SSSR count). The molecule has 0 saturated carbocycles. The van der Waals surface area contributed by atoms with Crippen LogP contribution in [0.15, 0.2) is 30.3 Å². The number of morpholine rings is 1. The lowest BCUT2D eigenvalue weighted by Crippen LogP contribution is -2.51. The van der Waals surface area contributed by atoms with Crippen molar-refractivity contribution in [1.82, 2.24) is 15.5 Å². The van der Waals surface area contributed by atoms with Gasteiger partial charge in [0.25, 0.3) is 0 Å². The average Bonchev–Trinajstić information content (AvgIpc) is 2.58. The van der Waals surface area contributed by atoms with Crippen LogP contribution in [0.5, 0.6) is 0 Å². The molecular weight excluding hydrogens is 278 g/mol. The molecule has 5 heteroatoms. The van der Waals surface area contributed by atoms with Gasteiger partial charge in [-0.15, -0.1) is 0 Å². The smallest absolute Gasteiger partial charge is 0.314 e. The van der Waals surface area contributed by atoms with Crippen LogP contribution in [0.4, 0.5) is 4.79 Å². The molecule has 0 aromatic heterocycles. The van der Waals surface area contributed by atoms with E-state index < -0.39 is 0 Å². The predicted molar refractivity (Wildman–Crippen MR) is 88.0 cm³/mol. The molecule has 1 aromatic carbocycles. The highest BCUT2D eigenvalue weighted by atomic mass is 16.5. The third kappa shape index (κ3) is 5.66. The molecular formula is C17H27N3O2. The van der Waals surface area contributed by atoms with Crippen LogP contribution in [0.3, 0.4) is 0 Å². The minimum Gasteiger partial charge on any atom is -0.379 e.